The van der Waals surface area contributed by atoms with Crippen LogP contribution >= 0.6 is 0 Å². The molecule has 3 aromatic rings. The second-order valence-corrected chi connectivity index (χ2v) is 5.44. The molecule has 3 aliphatic rings. The molecule has 0 radical (unpaired) electrons. The number of rotatable bonds is 0. The second-order valence-electron chi connectivity index (χ2n) is 5.44. The van der Waals surface area contributed by atoms with Crippen molar-refractivity contribution in [3.63, 3.8) is 0 Å². The zero-order valence-corrected chi connectivity index (χ0v) is 13.5. The Hall–Kier alpha value is -2.45. The van der Waals surface area contributed by atoms with Gasteiger partial charge in [0.15, 0.2) is 0 Å². The first-order valence-electron chi connectivity index (χ1n) is 8.14. The lowest BCUT2D eigenvalue weighted by molar-refractivity contribution is 0.174. The van der Waals surface area contributed by atoms with E-state index in [1.807, 2.05) is 32.0 Å². The van der Waals surface area contributed by atoms with Gasteiger partial charge in [0, 0.05) is 12.0 Å². The number of nitrogens with zero attached hydrogens (tertiary/aromatic N) is 1. The van der Waals surface area contributed by atoms with Crippen molar-refractivity contribution >= 4 is 0 Å². The van der Waals surface area contributed by atoms with E-state index in [1.165, 1.54) is 11.1 Å². The van der Waals surface area contributed by atoms with Crippen molar-refractivity contribution in [2.45, 2.75) is 26.4 Å². The molecule has 0 aliphatic carbocycles. The summed E-state index contributed by atoms with van der Waals surface area (Å²) in [7, 11) is 0. The molecular weight excluding hydrogens is 282 g/mol. The Morgan fingerprint density at radius 3 is 2.00 bits per heavy atom. The molecule has 0 saturated heterocycles. The molecule has 4 heterocycles. The summed E-state index contributed by atoms with van der Waals surface area (Å²) in [6.45, 7) is 4.00. The third-order valence-corrected chi connectivity index (χ3v) is 4.01. The summed E-state index contributed by atoms with van der Waals surface area (Å²) in [5.41, 5.74) is 6.21. The minimum Gasteiger partial charge on any atom is -0.386 e. The van der Waals surface area contributed by atoms with E-state index in [9.17, 15) is 5.11 Å². The summed E-state index contributed by atoms with van der Waals surface area (Å²) < 4.78 is 0. The Morgan fingerprint density at radius 1 is 0.783 bits per heavy atom. The van der Waals surface area contributed by atoms with E-state index in [1.54, 1.807) is 0 Å². The molecule has 2 aromatic carbocycles. The van der Waals surface area contributed by atoms with E-state index in [0.29, 0.717) is 6.42 Å². The molecule has 0 spiro atoms. The first-order valence-corrected chi connectivity index (χ1v) is 8.14. The van der Waals surface area contributed by atoms with Crippen molar-refractivity contribution in [2.24, 2.45) is 0 Å². The maximum atomic E-state index is 10.4. The molecule has 116 valence electrons. The van der Waals surface area contributed by atoms with Crippen LogP contribution in [0.2, 0.25) is 0 Å². The van der Waals surface area contributed by atoms with Crippen LogP contribution in [0.1, 0.15) is 31.2 Å². The van der Waals surface area contributed by atoms with Gasteiger partial charge in [0.05, 0.1) is 17.5 Å². The fraction of sp³-hybridized carbons (Fsp3) is 0.190. The lowest BCUT2D eigenvalue weighted by Gasteiger charge is -2.11. The van der Waals surface area contributed by atoms with Crippen molar-refractivity contribution < 1.29 is 5.11 Å². The number of benzene rings is 2. The molecule has 23 heavy (non-hydrogen) atoms. The summed E-state index contributed by atoms with van der Waals surface area (Å²) in [6, 6.07) is 22.6. The number of aliphatic hydroxyl groups is 1. The quantitative estimate of drug-likeness (QED) is 0.631. The average Bonchev–Trinajstić information content (AvgIpc) is 2.65. The highest BCUT2D eigenvalue weighted by atomic mass is 16.3. The van der Waals surface area contributed by atoms with E-state index in [4.69, 9.17) is 0 Å². The SMILES string of the molecule is CC.OC1Cc2ccc(cc2)-c2ccc(cc2)-c2cccc1n2. The molecule has 1 N–H and O–H groups in total. The Morgan fingerprint density at radius 2 is 1.35 bits per heavy atom. The first-order chi connectivity index (χ1) is 11.3. The molecule has 6 bridgehead atoms. The van der Waals surface area contributed by atoms with Gasteiger partial charge in [0.1, 0.15) is 0 Å². The molecule has 1 aromatic heterocycles. The van der Waals surface area contributed by atoms with E-state index in [2.05, 4.69) is 53.5 Å². The molecule has 3 aliphatic heterocycles. The third-order valence-electron chi connectivity index (χ3n) is 4.01. The Labute approximate surface area is 137 Å². The highest BCUT2D eigenvalue weighted by Crippen LogP contribution is 2.27. The van der Waals surface area contributed by atoms with Crippen molar-refractivity contribution in [3.8, 4) is 22.4 Å². The van der Waals surface area contributed by atoms with Crippen molar-refractivity contribution in [1.29, 1.82) is 0 Å². The molecule has 6 rings (SSSR count). The van der Waals surface area contributed by atoms with E-state index >= 15 is 0 Å². The lowest BCUT2D eigenvalue weighted by Crippen LogP contribution is -2.04. The summed E-state index contributed by atoms with van der Waals surface area (Å²) in [5.74, 6) is 0. The van der Waals surface area contributed by atoms with Gasteiger partial charge in [-0.25, -0.2) is 0 Å². The Bertz CT molecular complexity index is 776. The highest BCUT2D eigenvalue weighted by Gasteiger charge is 2.12. The number of aliphatic hydroxyl groups excluding tert-OH is 1. The number of hydrogen-bond donors (Lipinski definition) is 1. The van der Waals surface area contributed by atoms with Crippen LogP contribution in [-0.4, -0.2) is 10.1 Å². The smallest absolute Gasteiger partial charge is 0.1000 e. The van der Waals surface area contributed by atoms with Gasteiger partial charge in [0.25, 0.3) is 0 Å². The van der Waals surface area contributed by atoms with Crippen LogP contribution in [-0.2, 0) is 6.42 Å². The van der Waals surface area contributed by atoms with Gasteiger partial charge < -0.3 is 5.11 Å². The first kappa shape index (κ1) is 15.4. The average molecular weight is 303 g/mol. The van der Waals surface area contributed by atoms with E-state index < -0.39 is 6.10 Å². The van der Waals surface area contributed by atoms with Crippen LogP contribution in [0.25, 0.3) is 22.4 Å². The van der Waals surface area contributed by atoms with Gasteiger partial charge >= 0.3 is 0 Å². The Balaban J connectivity index is 0.000000753. The van der Waals surface area contributed by atoms with Crippen LogP contribution in [0.15, 0.2) is 66.7 Å². The van der Waals surface area contributed by atoms with E-state index in [0.717, 1.165) is 22.5 Å². The van der Waals surface area contributed by atoms with Crippen molar-refractivity contribution in [1.82, 2.24) is 4.98 Å². The van der Waals surface area contributed by atoms with Crippen LogP contribution in [0, 0.1) is 0 Å². The topological polar surface area (TPSA) is 33.1 Å². The molecule has 1 atom stereocenters. The second kappa shape index (κ2) is 6.76. The molecule has 0 fully saturated rings. The summed E-state index contributed by atoms with van der Waals surface area (Å²) >= 11 is 0. The van der Waals surface area contributed by atoms with Gasteiger partial charge in [0.2, 0.25) is 0 Å². The van der Waals surface area contributed by atoms with Crippen LogP contribution in [0.3, 0.4) is 0 Å². The largest absolute Gasteiger partial charge is 0.386 e. The molecule has 2 heteroatoms. The molecule has 0 amide bonds. The molecular formula is C21H21NO. The standard InChI is InChI=1S/C19H15NO.C2H6/c21-19-12-13-4-6-14(7-5-13)15-8-10-16(11-9-15)17-2-1-3-18(19)20-17;1-2/h1-11,19,21H,12H2;1-2H3. The summed E-state index contributed by atoms with van der Waals surface area (Å²) in [4.78, 5) is 4.61. The number of aromatic nitrogens is 1. The van der Waals surface area contributed by atoms with Gasteiger partial charge in [-0.05, 0) is 28.8 Å². The fourth-order valence-corrected chi connectivity index (χ4v) is 2.79. The molecule has 0 saturated carbocycles. The van der Waals surface area contributed by atoms with Crippen molar-refractivity contribution in [3.05, 3.63) is 78.0 Å². The van der Waals surface area contributed by atoms with Crippen molar-refractivity contribution in [2.75, 3.05) is 0 Å². The Kier molecular flexibility index (Phi) is 4.54. The molecule has 1 unspecified atom stereocenters. The predicted octanol–water partition coefficient (Wildman–Crippen LogP) is 5.03. The minimum absolute atomic E-state index is 0.574. The van der Waals surface area contributed by atoms with Gasteiger partial charge in [-0.2, -0.15) is 0 Å². The van der Waals surface area contributed by atoms with Gasteiger partial charge in [-0.15, -0.1) is 0 Å². The maximum absolute atomic E-state index is 10.4. The lowest BCUT2D eigenvalue weighted by atomic mass is 10.0. The molecule has 2 nitrogen and oxygen atoms in total. The highest BCUT2D eigenvalue weighted by molar-refractivity contribution is 5.69. The van der Waals surface area contributed by atoms with Crippen LogP contribution < -0.4 is 0 Å². The van der Waals surface area contributed by atoms with Gasteiger partial charge in [-0.1, -0.05) is 68.4 Å². The van der Waals surface area contributed by atoms with Crippen LogP contribution in [0.5, 0.6) is 0 Å². The third kappa shape index (κ3) is 3.17. The summed E-state index contributed by atoms with van der Waals surface area (Å²) in [6.07, 6.45) is 0.0115. The zero-order valence-electron chi connectivity index (χ0n) is 13.5. The number of hydrogen-bond acceptors (Lipinski definition) is 2. The van der Waals surface area contributed by atoms with Gasteiger partial charge in [-0.3, -0.25) is 4.98 Å². The monoisotopic (exact) mass is 303 g/mol. The normalized spacial score (nSPS) is 15.0. The minimum atomic E-state index is -0.574. The maximum Gasteiger partial charge on any atom is 0.1000 e. The number of pyridine rings is 1. The number of fused-ring (bicyclic) bond motifs is 2. The predicted molar refractivity (Wildman–Crippen MR) is 95.1 cm³/mol. The zero-order chi connectivity index (χ0) is 16.2. The summed E-state index contributed by atoms with van der Waals surface area (Å²) in [5, 5.41) is 10.4. The fourth-order valence-electron chi connectivity index (χ4n) is 2.79. The van der Waals surface area contributed by atoms with Crippen LogP contribution in [0.4, 0.5) is 0 Å². The van der Waals surface area contributed by atoms with E-state index in [-0.39, 0.29) is 0 Å².